The maximum Gasteiger partial charge on any atom is 0.294 e. The highest BCUT2D eigenvalue weighted by atomic mass is 32.2. The van der Waals surface area contributed by atoms with E-state index in [1.807, 2.05) is 72.8 Å². The molecule has 2 N–H and O–H groups in total. The quantitative estimate of drug-likeness (QED) is 0.0912. The Balaban J connectivity index is 1.40. The lowest BCUT2D eigenvalue weighted by molar-refractivity contribution is -0.432. The zero-order chi connectivity index (χ0) is 24.0. The summed E-state index contributed by atoms with van der Waals surface area (Å²) in [7, 11) is -4.19. The molecule has 0 spiro atoms. The minimum atomic E-state index is -4.19. The molecule has 6 nitrogen and oxygen atoms in total. The fourth-order valence-corrected chi connectivity index (χ4v) is 4.18. The highest BCUT2D eigenvalue weighted by molar-refractivity contribution is 7.94. The van der Waals surface area contributed by atoms with Gasteiger partial charge >= 0.3 is 0 Å². The van der Waals surface area contributed by atoms with E-state index in [4.69, 9.17) is 9.81 Å². The minimum Gasteiger partial charge on any atom is -0.282 e. The molecule has 0 saturated heterocycles. The fourth-order valence-electron chi connectivity index (χ4n) is 3.34. The van der Waals surface area contributed by atoms with E-state index in [-0.39, 0.29) is 4.90 Å². The average Bonchev–Trinajstić information content (AvgIpc) is 2.87. The summed E-state index contributed by atoms with van der Waals surface area (Å²) in [6.07, 6.45) is 4.06. The minimum absolute atomic E-state index is 0.124. The second-order valence-corrected chi connectivity index (χ2v) is 9.52. The zero-order valence-electron chi connectivity index (χ0n) is 17.7. The molecule has 34 heavy (non-hydrogen) atoms. The van der Waals surface area contributed by atoms with Gasteiger partial charge in [0.1, 0.15) is 0 Å². The van der Waals surface area contributed by atoms with Crippen molar-refractivity contribution < 1.29 is 27.6 Å². The van der Waals surface area contributed by atoms with Crippen molar-refractivity contribution >= 4 is 34.3 Å². The van der Waals surface area contributed by atoms with E-state index in [0.29, 0.717) is 0 Å². The van der Waals surface area contributed by atoms with Gasteiger partial charge < -0.3 is 0 Å². The first-order valence-corrected chi connectivity index (χ1v) is 12.3. The topological polar surface area (TPSA) is 93.1 Å². The molecule has 0 fully saturated rings. The Bertz CT molecular complexity index is 1360. The van der Waals surface area contributed by atoms with Crippen LogP contribution >= 0.6 is 12.0 Å². The molecule has 0 bridgehead atoms. The van der Waals surface area contributed by atoms with Crippen LogP contribution in [0.1, 0.15) is 11.1 Å². The van der Waals surface area contributed by atoms with Gasteiger partial charge in [0.2, 0.25) is 0 Å². The SMILES string of the molecule is O=S(=O)(O)c1ccc(-c2ccc(C=Cc3ccc(-c4ccc(SOOO)cc4)cc3)cc2)cc1. The molecule has 0 heterocycles. The van der Waals surface area contributed by atoms with Crippen molar-refractivity contribution in [1.82, 2.24) is 0 Å². The van der Waals surface area contributed by atoms with Crippen LogP contribution in [0, 0.1) is 0 Å². The van der Waals surface area contributed by atoms with Crippen molar-refractivity contribution in [2.45, 2.75) is 9.79 Å². The first kappa shape index (κ1) is 23.9. The van der Waals surface area contributed by atoms with Crippen LogP contribution in [0.5, 0.6) is 0 Å². The molecule has 0 unspecified atom stereocenters. The summed E-state index contributed by atoms with van der Waals surface area (Å²) >= 11 is 0.920. The summed E-state index contributed by atoms with van der Waals surface area (Å²) in [4.78, 5) is 0.680. The number of hydrogen-bond donors (Lipinski definition) is 2. The van der Waals surface area contributed by atoms with Gasteiger partial charge in [-0.3, -0.25) is 4.55 Å². The highest BCUT2D eigenvalue weighted by Crippen LogP contribution is 2.26. The van der Waals surface area contributed by atoms with E-state index in [1.54, 1.807) is 12.1 Å². The van der Waals surface area contributed by atoms with Gasteiger partial charge in [0.25, 0.3) is 10.1 Å². The second kappa shape index (κ2) is 10.8. The van der Waals surface area contributed by atoms with Crippen molar-refractivity contribution in [3.63, 3.8) is 0 Å². The number of benzene rings is 4. The zero-order valence-corrected chi connectivity index (χ0v) is 19.4. The fraction of sp³-hybridized carbons (Fsp3) is 0. The van der Waals surface area contributed by atoms with Crippen molar-refractivity contribution in [1.29, 1.82) is 0 Å². The summed E-state index contributed by atoms with van der Waals surface area (Å²) in [5.74, 6) is 0. The molecule has 4 aromatic rings. The summed E-state index contributed by atoms with van der Waals surface area (Å²) in [6, 6.07) is 29.9. The van der Waals surface area contributed by atoms with Gasteiger partial charge in [0.05, 0.1) is 16.9 Å². The second-order valence-electron chi connectivity index (χ2n) is 7.33. The van der Waals surface area contributed by atoms with Crippen LogP contribution in [0.2, 0.25) is 0 Å². The maximum absolute atomic E-state index is 11.2. The molecule has 8 heteroatoms. The summed E-state index contributed by atoms with van der Waals surface area (Å²) in [5, 5.41) is 11.8. The molecule has 0 amide bonds. The maximum atomic E-state index is 11.2. The molecule has 4 aromatic carbocycles. The lowest BCUT2D eigenvalue weighted by Crippen LogP contribution is -1.97. The van der Waals surface area contributed by atoms with Crippen molar-refractivity contribution in [3.05, 3.63) is 108 Å². The molecule has 0 aliphatic rings. The third kappa shape index (κ3) is 6.21. The number of hydrogen-bond acceptors (Lipinski definition) is 6. The molecule has 172 valence electrons. The van der Waals surface area contributed by atoms with Gasteiger partial charge in [-0.05, 0) is 57.6 Å². The van der Waals surface area contributed by atoms with Crippen molar-refractivity contribution in [2.24, 2.45) is 0 Å². The van der Waals surface area contributed by atoms with Gasteiger partial charge in [0, 0.05) is 4.90 Å². The predicted molar refractivity (Wildman–Crippen MR) is 133 cm³/mol. The molecule has 0 aliphatic carbocycles. The molecule has 0 atom stereocenters. The highest BCUT2D eigenvalue weighted by Gasteiger charge is 2.09. The molecular formula is C26H20O6S2. The van der Waals surface area contributed by atoms with Crippen molar-refractivity contribution in [3.8, 4) is 22.3 Å². The van der Waals surface area contributed by atoms with Gasteiger partial charge in [-0.2, -0.15) is 8.42 Å². The molecular weight excluding hydrogens is 472 g/mol. The van der Waals surface area contributed by atoms with Crippen LogP contribution in [-0.4, -0.2) is 18.2 Å². The van der Waals surface area contributed by atoms with Crippen LogP contribution in [0.4, 0.5) is 0 Å². The van der Waals surface area contributed by atoms with E-state index >= 15 is 0 Å². The van der Waals surface area contributed by atoms with Crippen molar-refractivity contribution in [2.75, 3.05) is 0 Å². The third-order valence-electron chi connectivity index (χ3n) is 5.12. The van der Waals surface area contributed by atoms with Gasteiger partial charge in [-0.25, -0.2) is 5.26 Å². The molecule has 0 radical (unpaired) electrons. The van der Waals surface area contributed by atoms with Crippen LogP contribution < -0.4 is 0 Å². The van der Waals surface area contributed by atoms with Crippen LogP contribution in [0.3, 0.4) is 0 Å². The lowest BCUT2D eigenvalue weighted by atomic mass is 10.0. The lowest BCUT2D eigenvalue weighted by Gasteiger charge is -2.05. The third-order valence-corrected chi connectivity index (χ3v) is 6.58. The Kier molecular flexibility index (Phi) is 7.59. The Hall–Kier alpha value is -3.24. The van der Waals surface area contributed by atoms with E-state index in [1.165, 1.54) is 12.1 Å². The standard InChI is InChI=1S/C26H20O6S2/c27-31-32-33-25-15-11-23(12-16-25)21-7-3-19(4-8-21)1-2-20-5-9-22(10-6-20)24-13-17-26(18-14-24)34(28,29)30/h1-18,27H,(H,28,29,30). The molecule has 4 rings (SSSR count). The Morgan fingerprint density at radius 2 is 1.00 bits per heavy atom. The summed E-state index contributed by atoms with van der Waals surface area (Å²) in [5.41, 5.74) is 6.05. The first-order valence-electron chi connectivity index (χ1n) is 10.1. The van der Waals surface area contributed by atoms with E-state index < -0.39 is 10.1 Å². The van der Waals surface area contributed by atoms with Gasteiger partial charge in [-0.15, -0.1) is 4.33 Å². The summed E-state index contributed by atoms with van der Waals surface area (Å²) in [6.45, 7) is 0. The molecule has 0 saturated carbocycles. The van der Waals surface area contributed by atoms with E-state index in [0.717, 1.165) is 50.3 Å². The van der Waals surface area contributed by atoms with Crippen LogP contribution in [-0.2, 0) is 19.5 Å². The summed E-state index contributed by atoms with van der Waals surface area (Å²) < 4.78 is 35.9. The molecule has 0 aliphatic heterocycles. The van der Waals surface area contributed by atoms with E-state index in [9.17, 15) is 8.42 Å². The normalized spacial score (nSPS) is 11.7. The smallest absolute Gasteiger partial charge is 0.282 e. The van der Waals surface area contributed by atoms with Crippen LogP contribution in [0.15, 0.2) is 107 Å². The Morgan fingerprint density at radius 1 is 0.618 bits per heavy atom. The van der Waals surface area contributed by atoms with Crippen LogP contribution in [0.25, 0.3) is 34.4 Å². The molecule has 0 aromatic heterocycles. The first-order chi connectivity index (χ1) is 16.4. The van der Waals surface area contributed by atoms with E-state index in [2.05, 4.69) is 21.5 Å². The monoisotopic (exact) mass is 492 g/mol. The Labute approximate surface area is 201 Å². The van der Waals surface area contributed by atoms with Gasteiger partial charge in [-0.1, -0.05) is 90.0 Å². The average molecular weight is 493 g/mol. The Morgan fingerprint density at radius 3 is 1.38 bits per heavy atom. The predicted octanol–water partition coefficient (Wildman–Crippen LogP) is 6.87. The number of rotatable bonds is 8. The largest absolute Gasteiger partial charge is 0.294 e. The van der Waals surface area contributed by atoms with Gasteiger partial charge in [0.15, 0.2) is 0 Å².